The maximum absolute atomic E-state index is 9.87. The van der Waals surface area contributed by atoms with Crippen LogP contribution in [0.3, 0.4) is 0 Å². The monoisotopic (exact) mass is 370 g/mol. The Hall–Kier alpha value is -0.650. The second-order valence-electron chi connectivity index (χ2n) is 3.70. The van der Waals surface area contributed by atoms with E-state index >= 15 is 0 Å². The fraction of sp³-hybridized carbons (Fsp3) is 0. The van der Waals surface area contributed by atoms with E-state index in [9.17, 15) is 15.3 Å². The lowest BCUT2D eigenvalue weighted by atomic mass is 10.3. The molecule has 0 aliphatic rings. The number of hydrogen-bond donors (Lipinski definition) is 3. The van der Waals surface area contributed by atoms with Gasteiger partial charge in [-0.05, 0) is 18.2 Å². The van der Waals surface area contributed by atoms with Gasteiger partial charge in [-0.1, -0.05) is 58.2 Å². The summed E-state index contributed by atoms with van der Waals surface area (Å²) in [6.07, 6.45) is 0. The topological polar surface area (TPSA) is 60.7 Å². The average molecular weight is 372 g/mol. The Bertz CT molecular complexity index is 665. The van der Waals surface area contributed by atoms with Gasteiger partial charge in [0.1, 0.15) is 5.75 Å². The first kappa shape index (κ1) is 15.7. The molecular formula is C12H6Cl4O3S. The van der Waals surface area contributed by atoms with Crippen LogP contribution >= 0.6 is 58.2 Å². The van der Waals surface area contributed by atoms with Gasteiger partial charge in [-0.2, -0.15) is 0 Å². The van der Waals surface area contributed by atoms with Crippen molar-refractivity contribution in [1.29, 1.82) is 0 Å². The SMILES string of the molecule is Oc1c(Cl)cc(Cl)cc1Sc1c(O)c(Cl)cc(Cl)c1O. The first-order valence-corrected chi connectivity index (χ1v) is 7.40. The quantitative estimate of drug-likeness (QED) is 0.645. The predicted octanol–water partition coefficient (Wildman–Crippen LogP) is 5.57. The molecule has 0 unspecified atom stereocenters. The summed E-state index contributed by atoms with van der Waals surface area (Å²) in [6, 6.07) is 4.01. The number of phenols is 3. The van der Waals surface area contributed by atoms with Gasteiger partial charge in [-0.3, -0.25) is 0 Å². The van der Waals surface area contributed by atoms with Crippen LogP contribution in [0.4, 0.5) is 0 Å². The fourth-order valence-electron chi connectivity index (χ4n) is 1.40. The van der Waals surface area contributed by atoms with Gasteiger partial charge < -0.3 is 15.3 Å². The highest BCUT2D eigenvalue weighted by atomic mass is 35.5. The van der Waals surface area contributed by atoms with Crippen LogP contribution in [0, 0.1) is 0 Å². The Labute approximate surface area is 138 Å². The van der Waals surface area contributed by atoms with Crippen molar-refractivity contribution in [1.82, 2.24) is 0 Å². The van der Waals surface area contributed by atoms with Crippen LogP contribution in [0.1, 0.15) is 0 Å². The molecule has 8 heteroatoms. The highest BCUT2D eigenvalue weighted by Crippen LogP contribution is 2.50. The summed E-state index contributed by atoms with van der Waals surface area (Å²) in [6.45, 7) is 0. The van der Waals surface area contributed by atoms with Crippen LogP contribution in [-0.2, 0) is 0 Å². The molecule has 0 aliphatic heterocycles. The van der Waals surface area contributed by atoms with E-state index < -0.39 is 0 Å². The molecule has 106 valence electrons. The number of rotatable bonds is 2. The van der Waals surface area contributed by atoms with Crippen LogP contribution in [0.15, 0.2) is 28.0 Å². The van der Waals surface area contributed by atoms with Gasteiger partial charge in [-0.15, -0.1) is 0 Å². The number of aromatic hydroxyl groups is 3. The smallest absolute Gasteiger partial charge is 0.151 e. The highest BCUT2D eigenvalue weighted by molar-refractivity contribution is 7.99. The predicted molar refractivity (Wildman–Crippen MR) is 82.0 cm³/mol. The third-order valence-corrected chi connectivity index (χ3v) is 4.55. The van der Waals surface area contributed by atoms with Gasteiger partial charge >= 0.3 is 0 Å². The number of halogens is 4. The summed E-state index contributed by atoms with van der Waals surface area (Å²) in [5.74, 6) is -0.931. The van der Waals surface area contributed by atoms with Gasteiger partial charge in [0, 0.05) is 5.02 Å². The normalized spacial score (nSPS) is 10.8. The molecule has 2 rings (SSSR count). The summed E-state index contributed by atoms with van der Waals surface area (Å²) in [5, 5.41) is 29.9. The summed E-state index contributed by atoms with van der Waals surface area (Å²) < 4.78 is 0. The maximum Gasteiger partial charge on any atom is 0.151 e. The van der Waals surface area contributed by atoms with Crippen LogP contribution in [0.25, 0.3) is 0 Å². The molecule has 3 nitrogen and oxygen atoms in total. The lowest BCUT2D eigenvalue weighted by Crippen LogP contribution is -1.82. The summed E-state index contributed by atoms with van der Waals surface area (Å²) in [4.78, 5) is 0.238. The van der Waals surface area contributed by atoms with Gasteiger partial charge in [0.05, 0.1) is 24.9 Å². The van der Waals surface area contributed by atoms with E-state index in [4.69, 9.17) is 46.4 Å². The second-order valence-corrected chi connectivity index (χ2v) is 6.41. The van der Waals surface area contributed by atoms with Gasteiger partial charge in [0.2, 0.25) is 0 Å². The zero-order chi connectivity index (χ0) is 15.0. The minimum absolute atomic E-state index is 0.00358. The molecule has 0 amide bonds. The molecule has 0 fully saturated rings. The van der Waals surface area contributed by atoms with Crippen LogP contribution < -0.4 is 0 Å². The molecule has 0 aromatic heterocycles. The third-order valence-electron chi connectivity index (χ3n) is 2.34. The third kappa shape index (κ3) is 3.00. The van der Waals surface area contributed by atoms with Crippen molar-refractivity contribution in [2.45, 2.75) is 9.79 Å². The molecule has 20 heavy (non-hydrogen) atoms. The molecule has 0 heterocycles. The van der Waals surface area contributed by atoms with E-state index in [1.807, 2.05) is 0 Å². The largest absolute Gasteiger partial charge is 0.505 e. The minimum atomic E-state index is -0.353. The number of hydrogen-bond acceptors (Lipinski definition) is 4. The van der Waals surface area contributed by atoms with E-state index in [2.05, 4.69) is 0 Å². The Morgan fingerprint density at radius 1 is 0.700 bits per heavy atom. The Morgan fingerprint density at radius 2 is 1.20 bits per heavy atom. The molecule has 0 saturated heterocycles. The molecule has 0 aliphatic carbocycles. The molecule has 0 atom stereocenters. The van der Waals surface area contributed by atoms with Crippen LogP contribution in [0.2, 0.25) is 20.1 Å². The summed E-state index contributed by atoms with van der Waals surface area (Å²) in [5.41, 5.74) is 0. The van der Waals surface area contributed by atoms with Crippen LogP contribution in [-0.4, -0.2) is 15.3 Å². The first-order valence-electron chi connectivity index (χ1n) is 5.07. The van der Waals surface area contributed by atoms with Crippen molar-refractivity contribution < 1.29 is 15.3 Å². The Balaban J connectivity index is 2.56. The van der Waals surface area contributed by atoms with Crippen molar-refractivity contribution in [2.24, 2.45) is 0 Å². The van der Waals surface area contributed by atoms with Gasteiger partial charge in [0.25, 0.3) is 0 Å². The fourth-order valence-corrected chi connectivity index (χ4v) is 3.62. The highest BCUT2D eigenvalue weighted by Gasteiger charge is 2.19. The van der Waals surface area contributed by atoms with Gasteiger partial charge in [0.15, 0.2) is 11.5 Å². The summed E-state index contributed by atoms with van der Waals surface area (Å²) in [7, 11) is 0. The molecule has 0 spiro atoms. The zero-order valence-corrected chi connectivity index (χ0v) is 13.3. The minimum Gasteiger partial charge on any atom is -0.505 e. The van der Waals surface area contributed by atoms with Crippen molar-refractivity contribution in [3.05, 3.63) is 38.3 Å². The molecule has 0 saturated carbocycles. The van der Waals surface area contributed by atoms with E-state index in [1.54, 1.807) is 0 Å². The first-order chi connectivity index (χ1) is 9.31. The van der Waals surface area contributed by atoms with Crippen molar-refractivity contribution in [3.8, 4) is 17.2 Å². The zero-order valence-electron chi connectivity index (χ0n) is 9.49. The van der Waals surface area contributed by atoms with Crippen molar-refractivity contribution in [3.63, 3.8) is 0 Å². The Kier molecular flexibility index (Phi) is 4.72. The van der Waals surface area contributed by atoms with Crippen LogP contribution in [0.5, 0.6) is 17.2 Å². The molecular weight excluding hydrogens is 366 g/mol. The second kappa shape index (κ2) is 6.00. The van der Waals surface area contributed by atoms with Crippen molar-refractivity contribution in [2.75, 3.05) is 0 Å². The van der Waals surface area contributed by atoms with E-state index in [-0.39, 0.29) is 42.1 Å². The van der Waals surface area contributed by atoms with Gasteiger partial charge in [-0.25, -0.2) is 0 Å². The number of phenolic OH excluding ortho intramolecular Hbond substituents is 3. The molecule has 2 aromatic carbocycles. The average Bonchev–Trinajstić information content (AvgIpc) is 2.37. The lowest BCUT2D eigenvalue weighted by molar-refractivity contribution is 0.428. The standard InChI is InChI=1S/C12H6Cl4O3S/c13-4-1-5(14)9(17)8(2-4)20-12-10(18)6(15)3-7(16)11(12)19/h1-3,17-19H. The number of benzene rings is 2. The molecule has 0 radical (unpaired) electrons. The van der Waals surface area contributed by atoms with Crippen molar-refractivity contribution >= 4 is 58.2 Å². The molecule has 0 bridgehead atoms. The van der Waals surface area contributed by atoms with E-state index in [1.165, 1.54) is 18.2 Å². The lowest BCUT2D eigenvalue weighted by Gasteiger charge is -2.11. The summed E-state index contributed by atoms with van der Waals surface area (Å²) >= 11 is 24.1. The van der Waals surface area contributed by atoms with E-state index in [0.717, 1.165) is 11.8 Å². The molecule has 3 N–H and O–H groups in total. The molecule has 2 aromatic rings. The van der Waals surface area contributed by atoms with E-state index in [0.29, 0.717) is 5.02 Å². The Morgan fingerprint density at radius 3 is 1.75 bits per heavy atom. The maximum atomic E-state index is 9.87.